The van der Waals surface area contributed by atoms with Crippen LogP contribution in [-0.4, -0.2) is 10.7 Å². The molecule has 0 aliphatic carbocycles. The van der Waals surface area contributed by atoms with Gasteiger partial charge in [0.05, 0.1) is 10.5 Å². The van der Waals surface area contributed by atoms with Gasteiger partial charge >= 0.3 is 6.18 Å². The molecule has 0 aromatic heterocycles. The fourth-order valence-electron chi connectivity index (χ4n) is 1.17. The number of hydrogen-bond donors (Lipinski definition) is 1. The molecular formula is C11H8F3NO2S. The standard InChI is InChI=1S/C11H8F3NO2S/c12-11(13,14)9-5-8(3-1-2-4-18)6-10(7-9)15(16)17/h5-7,18H,2,4H2. The summed E-state index contributed by atoms with van der Waals surface area (Å²) in [6.45, 7) is 0. The molecule has 0 aliphatic heterocycles. The molecule has 0 atom stereocenters. The Morgan fingerprint density at radius 3 is 2.50 bits per heavy atom. The van der Waals surface area contributed by atoms with E-state index < -0.39 is 22.4 Å². The fourth-order valence-corrected chi connectivity index (χ4v) is 1.28. The maximum atomic E-state index is 12.5. The highest BCUT2D eigenvalue weighted by atomic mass is 32.1. The van der Waals surface area contributed by atoms with Crippen molar-refractivity contribution in [2.24, 2.45) is 0 Å². The van der Waals surface area contributed by atoms with Crippen LogP contribution in [0.4, 0.5) is 18.9 Å². The van der Waals surface area contributed by atoms with Crippen LogP contribution in [0.1, 0.15) is 17.5 Å². The second-order valence-corrected chi connectivity index (χ2v) is 3.75. The number of halogens is 3. The lowest BCUT2D eigenvalue weighted by Gasteiger charge is -2.06. The Hall–Kier alpha value is -1.68. The minimum absolute atomic E-state index is 0.0293. The molecule has 3 nitrogen and oxygen atoms in total. The van der Waals surface area contributed by atoms with E-state index in [-0.39, 0.29) is 5.56 Å². The largest absolute Gasteiger partial charge is 0.416 e. The molecule has 7 heteroatoms. The summed E-state index contributed by atoms with van der Waals surface area (Å²) in [5.41, 5.74) is -1.73. The number of alkyl halides is 3. The van der Waals surface area contributed by atoms with E-state index in [9.17, 15) is 23.3 Å². The summed E-state index contributed by atoms with van der Waals surface area (Å²) < 4.78 is 37.5. The van der Waals surface area contributed by atoms with E-state index >= 15 is 0 Å². The Kier molecular flexibility index (Phi) is 4.62. The summed E-state index contributed by atoms with van der Waals surface area (Å²) in [6, 6.07) is 2.29. The number of nitrogens with zero attached hydrogens (tertiary/aromatic N) is 1. The lowest BCUT2D eigenvalue weighted by Crippen LogP contribution is -2.06. The third-order valence-electron chi connectivity index (χ3n) is 1.93. The van der Waals surface area contributed by atoms with Crippen molar-refractivity contribution in [3.63, 3.8) is 0 Å². The second-order valence-electron chi connectivity index (χ2n) is 3.30. The Balaban J connectivity index is 3.24. The summed E-state index contributed by atoms with van der Waals surface area (Å²) in [6.07, 6.45) is -4.24. The number of thiol groups is 1. The van der Waals surface area contributed by atoms with Crippen molar-refractivity contribution in [2.45, 2.75) is 12.6 Å². The Morgan fingerprint density at radius 1 is 1.33 bits per heavy atom. The van der Waals surface area contributed by atoms with Gasteiger partial charge in [-0.15, -0.1) is 0 Å². The van der Waals surface area contributed by atoms with Crippen LogP contribution in [0.2, 0.25) is 0 Å². The minimum atomic E-state index is -4.63. The molecule has 0 radical (unpaired) electrons. The molecule has 96 valence electrons. The molecule has 0 spiro atoms. The van der Waals surface area contributed by atoms with E-state index in [4.69, 9.17) is 0 Å². The lowest BCUT2D eigenvalue weighted by atomic mass is 10.1. The zero-order valence-electron chi connectivity index (χ0n) is 8.99. The Labute approximate surface area is 107 Å². The van der Waals surface area contributed by atoms with Gasteiger partial charge in [0.1, 0.15) is 0 Å². The van der Waals surface area contributed by atoms with E-state index in [1.165, 1.54) is 0 Å². The maximum Gasteiger partial charge on any atom is 0.416 e. The number of nitro benzene ring substituents is 1. The van der Waals surface area contributed by atoms with Crippen LogP contribution in [-0.2, 0) is 6.18 Å². The van der Waals surface area contributed by atoms with E-state index in [1.54, 1.807) is 0 Å². The molecule has 1 rings (SSSR count). The number of hydrogen-bond acceptors (Lipinski definition) is 3. The molecule has 0 heterocycles. The SMILES string of the molecule is O=[N+]([O-])c1cc(C#CCCS)cc(C(F)(F)F)c1. The van der Waals surface area contributed by atoms with Crippen molar-refractivity contribution in [1.82, 2.24) is 0 Å². The molecule has 0 saturated carbocycles. The Morgan fingerprint density at radius 2 is 2.00 bits per heavy atom. The van der Waals surface area contributed by atoms with Crippen molar-refractivity contribution < 1.29 is 18.1 Å². The topological polar surface area (TPSA) is 43.1 Å². The number of non-ortho nitro benzene ring substituents is 1. The van der Waals surface area contributed by atoms with Gasteiger partial charge in [0.15, 0.2) is 0 Å². The zero-order valence-corrected chi connectivity index (χ0v) is 9.89. The molecule has 0 N–H and O–H groups in total. The zero-order chi connectivity index (χ0) is 13.8. The first-order valence-electron chi connectivity index (χ1n) is 4.81. The van der Waals surface area contributed by atoms with Crippen molar-refractivity contribution in [3.05, 3.63) is 39.4 Å². The van der Waals surface area contributed by atoms with Gasteiger partial charge in [-0.05, 0) is 6.07 Å². The van der Waals surface area contributed by atoms with Gasteiger partial charge in [-0.25, -0.2) is 0 Å². The molecule has 1 aromatic rings. The normalized spacial score (nSPS) is 10.7. The summed E-state index contributed by atoms with van der Waals surface area (Å²) in [7, 11) is 0. The first-order chi connectivity index (χ1) is 8.34. The molecule has 18 heavy (non-hydrogen) atoms. The first-order valence-corrected chi connectivity index (χ1v) is 5.44. The van der Waals surface area contributed by atoms with Crippen molar-refractivity contribution >= 4 is 18.3 Å². The summed E-state index contributed by atoms with van der Waals surface area (Å²) in [4.78, 5) is 9.66. The fraction of sp³-hybridized carbons (Fsp3) is 0.273. The highest BCUT2D eigenvalue weighted by Gasteiger charge is 2.32. The van der Waals surface area contributed by atoms with Crippen LogP contribution in [0, 0.1) is 22.0 Å². The average molecular weight is 275 g/mol. The summed E-state index contributed by atoms with van der Waals surface area (Å²) >= 11 is 3.90. The van der Waals surface area contributed by atoms with Crippen LogP contribution >= 0.6 is 12.6 Å². The smallest absolute Gasteiger partial charge is 0.258 e. The third-order valence-corrected chi connectivity index (χ3v) is 2.15. The molecule has 0 saturated heterocycles. The molecule has 0 bridgehead atoms. The number of nitro groups is 1. The predicted molar refractivity (Wildman–Crippen MR) is 63.4 cm³/mol. The minimum Gasteiger partial charge on any atom is -0.258 e. The van der Waals surface area contributed by atoms with Gasteiger partial charge in [0, 0.05) is 29.9 Å². The number of benzene rings is 1. The van der Waals surface area contributed by atoms with Gasteiger partial charge < -0.3 is 0 Å². The van der Waals surface area contributed by atoms with Crippen LogP contribution in [0.5, 0.6) is 0 Å². The first kappa shape index (κ1) is 14.4. The summed E-state index contributed by atoms with van der Waals surface area (Å²) in [5, 5.41) is 10.5. The van der Waals surface area contributed by atoms with Crippen molar-refractivity contribution in [1.29, 1.82) is 0 Å². The lowest BCUT2D eigenvalue weighted by molar-refractivity contribution is -0.385. The summed E-state index contributed by atoms with van der Waals surface area (Å²) in [5.74, 6) is 5.50. The van der Waals surface area contributed by atoms with Crippen LogP contribution in [0.25, 0.3) is 0 Å². The molecule has 0 amide bonds. The van der Waals surface area contributed by atoms with E-state index in [0.29, 0.717) is 18.2 Å². The van der Waals surface area contributed by atoms with E-state index in [0.717, 1.165) is 12.1 Å². The maximum absolute atomic E-state index is 12.5. The van der Waals surface area contributed by atoms with Gasteiger partial charge in [0.2, 0.25) is 0 Å². The van der Waals surface area contributed by atoms with Crippen molar-refractivity contribution in [3.8, 4) is 11.8 Å². The molecule has 0 aliphatic rings. The quantitative estimate of drug-likeness (QED) is 0.389. The molecule has 1 aromatic carbocycles. The van der Waals surface area contributed by atoms with Crippen LogP contribution in [0.15, 0.2) is 18.2 Å². The monoisotopic (exact) mass is 275 g/mol. The van der Waals surface area contributed by atoms with Gasteiger partial charge in [-0.3, -0.25) is 10.1 Å². The van der Waals surface area contributed by atoms with Crippen LogP contribution < -0.4 is 0 Å². The number of rotatable bonds is 2. The van der Waals surface area contributed by atoms with Gasteiger partial charge in [0.25, 0.3) is 5.69 Å². The average Bonchev–Trinajstić information content (AvgIpc) is 2.28. The highest BCUT2D eigenvalue weighted by Crippen LogP contribution is 2.32. The molecular weight excluding hydrogens is 267 g/mol. The predicted octanol–water partition coefficient (Wildman–Crippen LogP) is 3.29. The second kappa shape index (κ2) is 5.78. The third kappa shape index (κ3) is 3.96. The van der Waals surface area contributed by atoms with E-state index in [2.05, 4.69) is 24.5 Å². The van der Waals surface area contributed by atoms with Gasteiger partial charge in [-0.1, -0.05) is 11.8 Å². The van der Waals surface area contributed by atoms with E-state index in [1.807, 2.05) is 0 Å². The van der Waals surface area contributed by atoms with Crippen molar-refractivity contribution in [2.75, 3.05) is 5.75 Å². The Bertz CT molecular complexity index is 517. The molecule has 0 fully saturated rings. The molecule has 0 unspecified atom stereocenters. The highest BCUT2D eigenvalue weighted by molar-refractivity contribution is 7.80. The van der Waals surface area contributed by atoms with Crippen LogP contribution in [0.3, 0.4) is 0 Å². The van der Waals surface area contributed by atoms with Gasteiger partial charge in [-0.2, -0.15) is 25.8 Å².